The zero-order valence-corrected chi connectivity index (χ0v) is 11.3. The van der Waals surface area contributed by atoms with E-state index in [-0.39, 0.29) is 0 Å². The van der Waals surface area contributed by atoms with E-state index in [0.717, 1.165) is 5.69 Å². The quantitative estimate of drug-likeness (QED) is 0.826. The molecular formula is C12H18ClN2O2+. The molecule has 4 nitrogen and oxygen atoms in total. The van der Waals surface area contributed by atoms with E-state index < -0.39 is 11.7 Å². The van der Waals surface area contributed by atoms with E-state index in [0.29, 0.717) is 11.6 Å². The summed E-state index contributed by atoms with van der Waals surface area (Å²) in [6.45, 7) is 5.86. The van der Waals surface area contributed by atoms with Gasteiger partial charge in [-0.05, 0) is 20.8 Å². The molecule has 1 aromatic heterocycles. The van der Waals surface area contributed by atoms with E-state index in [9.17, 15) is 4.79 Å². The average molecular weight is 258 g/mol. The fraction of sp³-hybridized carbons (Fsp3) is 0.500. The van der Waals surface area contributed by atoms with Crippen LogP contribution in [-0.2, 0) is 18.3 Å². The maximum absolute atomic E-state index is 11.5. The minimum atomic E-state index is -0.486. The molecule has 0 aliphatic rings. The van der Waals surface area contributed by atoms with Crippen LogP contribution in [0.1, 0.15) is 26.5 Å². The fourth-order valence-electron chi connectivity index (χ4n) is 1.24. The Hall–Kier alpha value is -1.29. The number of alkyl carbamates (subject to hydrolysis) is 1. The van der Waals surface area contributed by atoms with Crippen molar-refractivity contribution in [2.75, 3.05) is 0 Å². The summed E-state index contributed by atoms with van der Waals surface area (Å²) in [5.41, 5.74) is 0.420. The Labute approximate surface area is 107 Å². The van der Waals surface area contributed by atoms with Crippen LogP contribution in [0.25, 0.3) is 0 Å². The van der Waals surface area contributed by atoms with E-state index in [1.165, 1.54) is 0 Å². The highest BCUT2D eigenvalue weighted by atomic mass is 35.5. The molecule has 1 heterocycles. The zero-order valence-electron chi connectivity index (χ0n) is 10.6. The molecule has 0 spiro atoms. The predicted molar refractivity (Wildman–Crippen MR) is 65.7 cm³/mol. The number of carbonyl (C=O) groups excluding carboxylic acids is 1. The number of halogens is 1. The molecular weight excluding hydrogens is 240 g/mol. The van der Waals surface area contributed by atoms with Gasteiger partial charge in [0.15, 0.2) is 6.20 Å². The summed E-state index contributed by atoms with van der Waals surface area (Å²) in [5, 5.41) is 3.33. The molecule has 0 aliphatic carbocycles. The summed E-state index contributed by atoms with van der Waals surface area (Å²) in [5.74, 6) is 0. The molecule has 1 rings (SSSR count). The molecule has 0 aliphatic heterocycles. The molecule has 94 valence electrons. The van der Waals surface area contributed by atoms with E-state index in [1.807, 2.05) is 38.6 Å². The van der Waals surface area contributed by atoms with Gasteiger partial charge in [-0.2, -0.15) is 0 Å². The van der Waals surface area contributed by atoms with Gasteiger partial charge in [-0.1, -0.05) is 11.6 Å². The summed E-state index contributed by atoms with van der Waals surface area (Å²) < 4.78 is 7.03. The summed E-state index contributed by atoms with van der Waals surface area (Å²) in [6.07, 6.45) is 1.41. The Morgan fingerprint density at radius 3 is 2.76 bits per heavy atom. The predicted octanol–water partition coefficient (Wildman–Crippen LogP) is 2.19. The molecule has 0 bridgehead atoms. The van der Waals surface area contributed by atoms with Crippen molar-refractivity contribution in [3.63, 3.8) is 0 Å². The Kier molecular flexibility index (Phi) is 4.34. The van der Waals surface area contributed by atoms with Gasteiger partial charge in [-0.3, -0.25) is 0 Å². The minimum absolute atomic E-state index is 0.381. The van der Waals surface area contributed by atoms with E-state index in [4.69, 9.17) is 16.3 Å². The van der Waals surface area contributed by atoms with Gasteiger partial charge < -0.3 is 10.1 Å². The summed E-state index contributed by atoms with van der Waals surface area (Å²) >= 11 is 5.88. The van der Waals surface area contributed by atoms with E-state index >= 15 is 0 Å². The molecule has 0 radical (unpaired) electrons. The van der Waals surface area contributed by atoms with Crippen LogP contribution < -0.4 is 9.88 Å². The first-order valence-corrected chi connectivity index (χ1v) is 5.76. The minimum Gasteiger partial charge on any atom is -0.444 e. The molecule has 0 aromatic carbocycles. The van der Waals surface area contributed by atoms with Crippen LogP contribution in [0.3, 0.4) is 0 Å². The number of amides is 1. The van der Waals surface area contributed by atoms with Gasteiger partial charge in [0.25, 0.3) is 0 Å². The smallest absolute Gasteiger partial charge is 0.408 e. The lowest BCUT2D eigenvalue weighted by Gasteiger charge is -2.19. The number of ether oxygens (including phenoxy) is 1. The number of hydrogen-bond acceptors (Lipinski definition) is 2. The Bertz CT molecular complexity index is 413. The van der Waals surface area contributed by atoms with Crippen molar-refractivity contribution in [3.8, 4) is 0 Å². The monoisotopic (exact) mass is 257 g/mol. The highest BCUT2D eigenvalue weighted by molar-refractivity contribution is 6.30. The first kappa shape index (κ1) is 13.8. The van der Waals surface area contributed by atoms with Crippen LogP contribution >= 0.6 is 11.6 Å². The fourth-order valence-corrected chi connectivity index (χ4v) is 1.42. The second-order valence-electron chi connectivity index (χ2n) is 4.80. The first-order chi connectivity index (χ1) is 7.78. The van der Waals surface area contributed by atoms with Crippen LogP contribution in [0.4, 0.5) is 4.79 Å². The van der Waals surface area contributed by atoms with Crippen molar-refractivity contribution in [2.24, 2.45) is 7.05 Å². The number of nitrogens with one attached hydrogen (secondary N) is 1. The van der Waals surface area contributed by atoms with Crippen molar-refractivity contribution in [2.45, 2.75) is 32.9 Å². The molecule has 5 heteroatoms. The third kappa shape index (κ3) is 5.04. The molecule has 0 fully saturated rings. The van der Waals surface area contributed by atoms with Crippen molar-refractivity contribution in [3.05, 3.63) is 29.0 Å². The second kappa shape index (κ2) is 5.36. The van der Waals surface area contributed by atoms with Gasteiger partial charge in [0.05, 0.1) is 5.02 Å². The van der Waals surface area contributed by atoms with Crippen molar-refractivity contribution < 1.29 is 14.1 Å². The highest BCUT2D eigenvalue weighted by Gasteiger charge is 2.17. The Morgan fingerprint density at radius 2 is 2.18 bits per heavy atom. The van der Waals surface area contributed by atoms with Gasteiger partial charge in [-0.15, -0.1) is 0 Å². The summed E-state index contributed by atoms with van der Waals surface area (Å²) in [6, 6.07) is 3.59. The third-order valence-corrected chi connectivity index (χ3v) is 2.26. The van der Waals surface area contributed by atoms with Gasteiger partial charge >= 0.3 is 6.09 Å². The maximum Gasteiger partial charge on any atom is 0.408 e. The molecule has 17 heavy (non-hydrogen) atoms. The third-order valence-electron chi connectivity index (χ3n) is 2.03. The highest BCUT2D eigenvalue weighted by Crippen LogP contribution is 2.08. The van der Waals surface area contributed by atoms with E-state index in [1.54, 1.807) is 12.1 Å². The number of nitrogens with zero attached hydrogens (tertiary/aromatic N) is 1. The van der Waals surface area contributed by atoms with Crippen molar-refractivity contribution in [1.29, 1.82) is 0 Å². The first-order valence-electron chi connectivity index (χ1n) is 5.39. The number of aromatic nitrogens is 1. The number of pyridine rings is 1. The lowest BCUT2D eigenvalue weighted by Crippen LogP contribution is -2.38. The number of aryl methyl sites for hydroxylation is 1. The molecule has 0 saturated heterocycles. The topological polar surface area (TPSA) is 42.2 Å². The molecule has 1 amide bonds. The van der Waals surface area contributed by atoms with Crippen LogP contribution in [0.2, 0.25) is 5.02 Å². The molecule has 1 aromatic rings. The van der Waals surface area contributed by atoms with Gasteiger partial charge in [0, 0.05) is 12.1 Å². The van der Waals surface area contributed by atoms with Gasteiger partial charge in [-0.25, -0.2) is 9.36 Å². The molecule has 0 atom stereocenters. The molecule has 0 saturated carbocycles. The van der Waals surface area contributed by atoms with E-state index in [2.05, 4.69) is 5.32 Å². The molecule has 0 unspecified atom stereocenters. The van der Waals surface area contributed by atoms with Crippen LogP contribution in [-0.4, -0.2) is 11.7 Å². The number of hydrogen-bond donors (Lipinski definition) is 1. The Morgan fingerprint density at radius 1 is 1.53 bits per heavy atom. The normalized spacial score (nSPS) is 11.1. The lowest BCUT2D eigenvalue weighted by atomic mass is 10.2. The Balaban J connectivity index is 2.56. The number of rotatable bonds is 2. The summed E-state index contributed by atoms with van der Waals surface area (Å²) in [7, 11) is 1.89. The van der Waals surface area contributed by atoms with Gasteiger partial charge in [0.1, 0.15) is 19.2 Å². The van der Waals surface area contributed by atoms with Crippen LogP contribution in [0, 0.1) is 0 Å². The van der Waals surface area contributed by atoms with Crippen LogP contribution in [0.5, 0.6) is 0 Å². The maximum atomic E-state index is 11.5. The zero-order chi connectivity index (χ0) is 13.1. The van der Waals surface area contributed by atoms with Gasteiger partial charge in [0.2, 0.25) is 5.69 Å². The van der Waals surface area contributed by atoms with Crippen molar-refractivity contribution >= 4 is 17.7 Å². The lowest BCUT2D eigenvalue weighted by molar-refractivity contribution is -0.679. The molecule has 1 N–H and O–H groups in total. The summed E-state index contributed by atoms with van der Waals surface area (Å²) in [4.78, 5) is 11.5. The number of carbonyl (C=O) groups is 1. The SMILES string of the molecule is C[n+]1ccc(Cl)cc1CNC(=O)OC(C)(C)C. The van der Waals surface area contributed by atoms with Crippen molar-refractivity contribution in [1.82, 2.24) is 5.32 Å². The second-order valence-corrected chi connectivity index (χ2v) is 5.24. The average Bonchev–Trinajstić information content (AvgIpc) is 2.17. The standard InChI is InChI=1S/C12H17ClN2O2/c1-12(2,3)17-11(16)14-8-10-7-9(13)5-6-15(10)4/h5-7H,8H2,1-4H3/p+1. The largest absolute Gasteiger partial charge is 0.444 e. The van der Waals surface area contributed by atoms with Crippen LogP contribution in [0.15, 0.2) is 18.3 Å².